The molecular weight excluding hydrogens is 328 g/mol. The van der Waals surface area contributed by atoms with E-state index >= 15 is 0 Å². The largest absolute Gasteiger partial charge is 0.390 e. The van der Waals surface area contributed by atoms with Gasteiger partial charge in [-0.3, -0.25) is 9.69 Å². The monoisotopic (exact) mass is 342 g/mol. The van der Waals surface area contributed by atoms with Crippen molar-refractivity contribution in [1.29, 1.82) is 0 Å². The van der Waals surface area contributed by atoms with Crippen LogP contribution >= 0.6 is 11.6 Å². The lowest BCUT2D eigenvalue weighted by Gasteiger charge is -2.28. The van der Waals surface area contributed by atoms with Gasteiger partial charge in [-0.1, -0.05) is 40.5 Å². The van der Waals surface area contributed by atoms with Gasteiger partial charge in [0.25, 0.3) is 5.78 Å². The fourth-order valence-corrected chi connectivity index (χ4v) is 3.29. The number of hydrogen-bond donors (Lipinski definition) is 0. The van der Waals surface area contributed by atoms with Crippen LogP contribution in [0.2, 0.25) is 5.02 Å². The molecule has 0 bridgehead atoms. The molecule has 122 valence electrons. The molecule has 0 unspecified atom stereocenters. The molecule has 0 saturated carbocycles. The number of aryl methyl sites for hydroxylation is 1. The Kier molecular flexibility index (Phi) is 3.37. The van der Waals surface area contributed by atoms with Gasteiger partial charge in [-0.05, 0) is 38.1 Å². The number of fused-ring (bicyclic) bond motifs is 3. The van der Waals surface area contributed by atoms with Crippen LogP contribution in [0.25, 0.3) is 0 Å². The highest BCUT2D eigenvalue weighted by atomic mass is 35.5. The summed E-state index contributed by atoms with van der Waals surface area (Å²) >= 11 is 6.10. The predicted molar refractivity (Wildman–Crippen MR) is 91.4 cm³/mol. The highest BCUT2D eigenvalue weighted by Gasteiger charge is 2.61. The van der Waals surface area contributed by atoms with Gasteiger partial charge in [0.1, 0.15) is 0 Å². The second-order valence-corrected chi connectivity index (χ2v) is 6.15. The summed E-state index contributed by atoms with van der Waals surface area (Å²) in [6.07, 6.45) is 0. The van der Waals surface area contributed by atoms with Crippen LogP contribution in [0, 0.1) is 6.92 Å². The average molecular weight is 343 g/mol. The Hall–Kier alpha value is -2.37. The van der Waals surface area contributed by atoms with Gasteiger partial charge in [0.05, 0.1) is 17.9 Å². The molecule has 5 nitrogen and oxygen atoms in total. The summed E-state index contributed by atoms with van der Waals surface area (Å²) in [5, 5.41) is 4.71. The number of carbonyl (C=O) groups is 1. The molecule has 2 aromatic carbocycles. The molecule has 2 aliphatic heterocycles. The van der Waals surface area contributed by atoms with Crippen molar-refractivity contribution in [3.63, 3.8) is 0 Å². The van der Waals surface area contributed by atoms with Crippen molar-refractivity contribution < 1.29 is 14.4 Å². The number of Topliss-reactive ketones (excluding diaryl/α,β-unsaturated/α-hetero) is 1. The molecule has 2 aromatic rings. The Bertz CT molecular complexity index is 880. The topological polar surface area (TPSA) is 51.1 Å². The molecule has 0 amide bonds. The summed E-state index contributed by atoms with van der Waals surface area (Å²) < 4.78 is 5.74. The van der Waals surface area contributed by atoms with E-state index in [1.54, 1.807) is 17.0 Å². The summed E-state index contributed by atoms with van der Waals surface area (Å²) in [6, 6.07) is 12.9. The lowest BCUT2D eigenvalue weighted by Crippen LogP contribution is -2.52. The SMILES string of the molecule is CCO[C@@]12ON=C(c3cccc(Cl)c3)N1c1ccc(C)cc1C2=O. The quantitative estimate of drug-likeness (QED) is 0.852. The molecule has 2 heterocycles. The van der Waals surface area contributed by atoms with Crippen LogP contribution < -0.4 is 4.90 Å². The zero-order valence-corrected chi connectivity index (χ0v) is 14.0. The van der Waals surface area contributed by atoms with Crippen LogP contribution in [-0.4, -0.2) is 24.1 Å². The van der Waals surface area contributed by atoms with Gasteiger partial charge in [-0.25, -0.2) is 0 Å². The van der Waals surface area contributed by atoms with Crippen molar-refractivity contribution in [3.05, 3.63) is 64.2 Å². The first-order valence-electron chi connectivity index (χ1n) is 7.68. The van der Waals surface area contributed by atoms with E-state index in [1.165, 1.54) is 0 Å². The molecule has 0 aliphatic carbocycles. The number of nitrogens with zero attached hydrogens (tertiary/aromatic N) is 2. The second kappa shape index (κ2) is 5.33. The van der Waals surface area contributed by atoms with Crippen LogP contribution in [0.5, 0.6) is 0 Å². The Labute approximate surface area is 144 Å². The average Bonchev–Trinajstić information content (AvgIpc) is 3.04. The molecule has 6 heteroatoms. The van der Waals surface area contributed by atoms with E-state index in [1.807, 2.05) is 44.2 Å². The normalized spacial score (nSPS) is 21.4. The Morgan fingerprint density at radius 3 is 2.88 bits per heavy atom. The molecular formula is C18H15ClN2O3. The van der Waals surface area contributed by atoms with E-state index in [2.05, 4.69) is 5.16 Å². The Balaban J connectivity index is 1.89. The van der Waals surface area contributed by atoms with Crippen LogP contribution in [0.1, 0.15) is 28.4 Å². The minimum Gasteiger partial charge on any atom is -0.327 e. The van der Waals surface area contributed by atoms with Gasteiger partial charge in [0.2, 0.25) is 0 Å². The van der Waals surface area contributed by atoms with Gasteiger partial charge in [-0.2, -0.15) is 0 Å². The number of ketones is 1. The number of amidine groups is 1. The highest BCUT2D eigenvalue weighted by molar-refractivity contribution is 6.31. The van der Waals surface area contributed by atoms with Gasteiger partial charge in [0, 0.05) is 10.6 Å². The number of anilines is 1. The summed E-state index contributed by atoms with van der Waals surface area (Å²) in [5.41, 5.74) is 3.04. The van der Waals surface area contributed by atoms with E-state index in [-0.39, 0.29) is 5.78 Å². The van der Waals surface area contributed by atoms with Gasteiger partial charge in [-0.15, -0.1) is 0 Å². The fourth-order valence-electron chi connectivity index (χ4n) is 3.10. The Morgan fingerprint density at radius 1 is 1.29 bits per heavy atom. The molecule has 0 spiro atoms. The maximum absolute atomic E-state index is 13.0. The standard InChI is InChI=1S/C18H15ClN2O3/c1-3-23-18-16(22)14-9-11(2)7-8-15(14)21(18)17(20-24-18)12-5-4-6-13(19)10-12/h4-10H,3H2,1-2H3/t18-/m0/s1. The molecule has 0 radical (unpaired) electrons. The minimum absolute atomic E-state index is 0.246. The summed E-state index contributed by atoms with van der Waals surface area (Å²) in [4.78, 5) is 20.2. The molecule has 0 saturated heterocycles. The first kappa shape index (κ1) is 15.2. The van der Waals surface area contributed by atoms with Gasteiger partial charge in [0.15, 0.2) is 5.84 Å². The van der Waals surface area contributed by atoms with E-state index < -0.39 is 5.91 Å². The first-order chi connectivity index (χ1) is 11.6. The van der Waals surface area contributed by atoms with Crippen LogP contribution in [0.3, 0.4) is 0 Å². The minimum atomic E-state index is -1.57. The zero-order valence-electron chi connectivity index (χ0n) is 13.2. The third kappa shape index (κ3) is 1.98. The van der Waals surface area contributed by atoms with Crippen molar-refractivity contribution in [2.24, 2.45) is 5.16 Å². The predicted octanol–water partition coefficient (Wildman–Crippen LogP) is 3.73. The molecule has 0 aromatic heterocycles. The highest BCUT2D eigenvalue weighted by Crippen LogP contribution is 2.45. The van der Waals surface area contributed by atoms with E-state index in [0.29, 0.717) is 23.0 Å². The van der Waals surface area contributed by atoms with Crippen molar-refractivity contribution >= 4 is 28.9 Å². The smallest absolute Gasteiger partial charge is 0.327 e. The molecule has 0 fully saturated rings. The molecule has 1 atom stereocenters. The molecule has 0 N–H and O–H groups in total. The number of rotatable bonds is 3. The number of carbonyl (C=O) groups excluding carboxylic acids is 1. The summed E-state index contributed by atoms with van der Waals surface area (Å²) in [5.74, 6) is -1.31. The maximum Gasteiger partial charge on any atom is 0.390 e. The number of hydrogen-bond acceptors (Lipinski definition) is 5. The van der Waals surface area contributed by atoms with Crippen LogP contribution in [-0.2, 0) is 9.57 Å². The third-order valence-electron chi connectivity index (χ3n) is 4.11. The summed E-state index contributed by atoms with van der Waals surface area (Å²) in [6.45, 7) is 4.07. The zero-order chi connectivity index (χ0) is 16.9. The lowest BCUT2D eigenvalue weighted by atomic mass is 10.1. The number of benzene rings is 2. The number of ether oxygens (including phenoxy) is 1. The molecule has 24 heavy (non-hydrogen) atoms. The van der Waals surface area contributed by atoms with E-state index in [0.717, 1.165) is 16.8 Å². The van der Waals surface area contributed by atoms with Crippen molar-refractivity contribution in [1.82, 2.24) is 0 Å². The summed E-state index contributed by atoms with van der Waals surface area (Å²) in [7, 11) is 0. The fraction of sp³-hybridized carbons (Fsp3) is 0.222. The Morgan fingerprint density at radius 2 is 2.12 bits per heavy atom. The second-order valence-electron chi connectivity index (χ2n) is 5.72. The van der Waals surface area contributed by atoms with Crippen LogP contribution in [0.4, 0.5) is 5.69 Å². The molecule has 4 rings (SSSR count). The van der Waals surface area contributed by atoms with E-state index in [4.69, 9.17) is 21.2 Å². The number of oxime groups is 1. The van der Waals surface area contributed by atoms with Crippen LogP contribution in [0.15, 0.2) is 47.6 Å². The third-order valence-corrected chi connectivity index (χ3v) is 4.34. The molecule has 2 aliphatic rings. The van der Waals surface area contributed by atoms with Crippen molar-refractivity contribution in [3.8, 4) is 0 Å². The maximum atomic E-state index is 13.0. The van der Waals surface area contributed by atoms with E-state index in [9.17, 15) is 4.79 Å². The van der Waals surface area contributed by atoms with Crippen molar-refractivity contribution in [2.45, 2.75) is 19.8 Å². The van der Waals surface area contributed by atoms with Crippen molar-refractivity contribution in [2.75, 3.05) is 11.5 Å². The van der Waals surface area contributed by atoms with Gasteiger partial charge < -0.3 is 9.57 Å². The lowest BCUT2D eigenvalue weighted by molar-refractivity contribution is -0.178. The van der Waals surface area contributed by atoms with Gasteiger partial charge >= 0.3 is 5.91 Å². The number of halogens is 1. The first-order valence-corrected chi connectivity index (χ1v) is 8.06.